The predicted molar refractivity (Wildman–Crippen MR) is 120 cm³/mol. The van der Waals surface area contributed by atoms with Gasteiger partial charge in [0.2, 0.25) is 0 Å². The van der Waals surface area contributed by atoms with Gasteiger partial charge in [-0.2, -0.15) is 22.9 Å². The molecule has 150 valence electrons. The van der Waals surface area contributed by atoms with Crippen molar-refractivity contribution >= 4 is 33.9 Å². The van der Waals surface area contributed by atoms with E-state index in [9.17, 15) is 0 Å². The molecule has 0 saturated carbocycles. The zero-order valence-electron chi connectivity index (χ0n) is 16.0. The van der Waals surface area contributed by atoms with E-state index < -0.39 is 0 Å². The first-order chi connectivity index (χ1) is 14.4. The Morgan fingerprint density at radius 1 is 0.867 bits per heavy atom. The van der Waals surface area contributed by atoms with Crippen LogP contribution in [0, 0.1) is 12.1 Å². The van der Waals surface area contributed by atoms with Crippen LogP contribution in [0.2, 0.25) is 0 Å². The Labute approximate surface area is 194 Å². The minimum absolute atomic E-state index is 0. The summed E-state index contributed by atoms with van der Waals surface area (Å²) >= 11 is 1.79. The summed E-state index contributed by atoms with van der Waals surface area (Å²) in [4.78, 5) is 6.77. The second-order valence-corrected chi connectivity index (χ2v) is 7.61. The molecule has 0 aliphatic carbocycles. The van der Waals surface area contributed by atoms with Gasteiger partial charge in [-0.1, -0.05) is 23.9 Å². The molecule has 0 amide bonds. The van der Waals surface area contributed by atoms with E-state index >= 15 is 0 Å². The molecule has 0 fully saturated rings. The number of para-hydroxylation sites is 1. The van der Waals surface area contributed by atoms with Crippen molar-refractivity contribution in [3.63, 3.8) is 0 Å². The maximum absolute atomic E-state index is 4.61. The SMILES string of the molecule is [Pt+2].[c-]1c(C2=NCCS2)cccc1N(c1[c-]c(-n2cccn2)ccc1)c1ccccc1. The van der Waals surface area contributed by atoms with Crippen molar-refractivity contribution in [3.05, 3.63) is 103 Å². The van der Waals surface area contributed by atoms with Crippen molar-refractivity contribution in [1.82, 2.24) is 9.78 Å². The van der Waals surface area contributed by atoms with Crippen molar-refractivity contribution in [2.45, 2.75) is 0 Å². The van der Waals surface area contributed by atoms with Gasteiger partial charge in [-0.15, -0.1) is 48.0 Å². The fourth-order valence-electron chi connectivity index (χ4n) is 3.32. The molecule has 1 aliphatic heterocycles. The van der Waals surface area contributed by atoms with Crippen LogP contribution in [0.25, 0.3) is 5.69 Å². The molecule has 0 N–H and O–H groups in total. The summed E-state index contributed by atoms with van der Waals surface area (Å²) in [5.74, 6) is 1.04. The minimum atomic E-state index is 0. The van der Waals surface area contributed by atoms with E-state index in [1.54, 1.807) is 18.0 Å². The van der Waals surface area contributed by atoms with Gasteiger partial charge in [0.05, 0.1) is 0 Å². The Balaban J connectivity index is 0.00000218. The molecule has 0 atom stereocenters. The Hall–Kier alpha value is -2.62. The Bertz CT molecular complexity index is 1140. The van der Waals surface area contributed by atoms with E-state index in [2.05, 4.69) is 63.5 Å². The van der Waals surface area contributed by atoms with Gasteiger partial charge in [-0.05, 0) is 29.6 Å². The van der Waals surface area contributed by atoms with Crippen molar-refractivity contribution in [1.29, 1.82) is 0 Å². The topological polar surface area (TPSA) is 33.4 Å². The van der Waals surface area contributed by atoms with Crippen LogP contribution in [0.1, 0.15) is 5.56 Å². The summed E-state index contributed by atoms with van der Waals surface area (Å²) in [5.41, 5.74) is 4.86. The van der Waals surface area contributed by atoms with Crippen LogP contribution in [-0.2, 0) is 21.1 Å². The zero-order chi connectivity index (χ0) is 19.5. The number of nitrogens with zero attached hydrogens (tertiary/aromatic N) is 4. The first-order valence-corrected chi connectivity index (χ1v) is 10.4. The number of benzene rings is 3. The van der Waals surface area contributed by atoms with E-state index in [0.29, 0.717) is 0 Å². The summed E-state index contributed by atoms with van der Waals surface area (Å²) in [6.07, 6.45) is 3.69. The summed E-state index contributed by atoms with van der Waals surface area (Å²) in [7, 11) is 0. The molecule has 0 saturated heterocycles. The van der Waals surface area contributed by atoms with Crippen LogP contribution in [-0.4, -0.2) is 27.1 Å². The van der Waals surface area contributed by atoms with Gasteiger partial charge in [0.1, 0.15) is 0 Å². The summed E-state index contributed by atoms with van der Waals surface area (Å²) < 4.78 is 1.82. The molecule has 2 heterocycles. The maximum atomic E-state index is 4.61. The zero-order valence-corrected chi connectivity index (χ0v) is 19.1. The first kappa shape index (κ1) is 20.6. The van der Waals surface area contributed by atoms with Crippen molar-refractivity contribution in [2.24, 2.45) is 4.99 Å². The third kappa shape index (κ3) is 4.28. The van der Waals surface area contributed by atoms with Gasteiger partial charge < -0.3 is 9.89 Å². The largest absolute Gasteiger partial charge is 2.00 e. The number of aromatic nitrogens is 2. The summed E-state index contributed by atoms with van der Waals surface area (Å²) in [6, 6.07) is 31.6. The van der Waals surface area contributed by atoms with E-state index in [1.165, 1.54) is 0 Å². The van der Waals surface area contributed by atoms with E-state index in [-0.39, 0.29) is 21.1 Å². The van der Waals surface area contributed by atoms with Gasteiger partial charge in [0.15, 0.2) is 0 Å². The van der Waals surface area contributed by atoms with Crippen LogP contribution < -0.4 is 4.90 Å². The molecule has 1 aromatic heterocycles. The smallest absolute Gasteiger partial charge is 0.352 e. The average molecular weight is 590 g/mol. The van der Waals surface area contributed by atoms with Crippen molar-refractivity contribution in [3.8, 4) is 5.69 Å². The van der Waals surface area contributed by atoms with Crippen LogP contribution in [0.15, 0.2) is 90.2 Å². The minimum Gasteiger partial charge on any atom is -0.352 e. The Kier molecular flexibility index (Phi) is 6.51. The third-order valence-electron chi connectivity index (χ3n) is 4.61. The number of hydrogen-bond donors (Lipinski definition) is 0. The van der Waals surface area contributed by atoms with Crippen LogP contribution in [0.3, 0.4) is 0 Å². The number of hydrogen-bond acceptors (Lipinski definition) is 4. The van der Waals surface area contributed by atoms with Crippen molar-refractivity contribution in [2.75, 3.05) is 17.2 Å². The molecule has 4 aromatic rings. The Morgan fingerprint density at radius 3 is 2.40 bits per heavy atom. The number of thioether (sulfide) groups is 1. The van der Waals surface area contributed by atoms with Crippen LogP contribution in [0.4, 0.5) is 17.1 Å². The first-order valence-electron chi connectivity index (χ1n) is 9.46. The molecule has 3 aromatic carbocycles. The van der Waals surface area contributed by atoms with E-state index in [1.807, 2.05) is 47.3 Å². The maximum Gasteiger partial charge on any atom is 2.00 e. The number of anilines is 3. The van der Waals surface area contributed by atoms with Crippen molar-refractivity contribution < 1.29 is 21.1 Å². The van der Waals surface area contributed by atoms with Gasteiger partial charge in [-0.25, -0.2) is 0 Å². The average Bonchev–Trinajstić information content (AvgIpc) is 3.50. The number of aliphatic imine (C=N–C) groups is 1. The number of rotatable bonds is 5. The van der Waals surface area contributed by atoms with Gasteiger partial charge in [0.25, 0.3) is 0 Å². The predicted octanol–water partition coefficient (Wildman–Crippen LogP) is 5.43. The van der Waals surface area contributed by atoms with Gasteiger partial charge in [-0.3, -0.25) is 4.68 Å². The standard InChI is InChI=1S/C24H18N4S.Pt/c1-2-8-20(9-3-1)28(22-11-4-7-19(17-22)24-25-14-16-29-24)23-12-5-10-21(18-23)27-15-6-13-26-27;/h1-13,15H,14,16H2;/q-2;+2. The molecule has 6 heteroatoms. The summed E-state index contributed by atoms with van der Waals surface area (Å²) in [5, 5.41) is 5.40. The molecule has 0 bridgehead atoms. The van der Waals surface area contributed by atoms with Crippen LogP contribution >= 0.6 is 11.8 Å². The fourth-order valence-corrected chi connectivity index (χ4v) is 4.15. The quantitative estimate of drug-likeness (QED) is 0.291. The van der Waals surface area contributed by atoms with E-state index in [0.717, 1.165) is 45.7 Å². The molecule has 0 unspecified atom stereocenters. The normalized spacial score (nSPS) is 12.9. The van der Waals surface area contributed by atoms with Crippen LogP contribution in [0.5, 0.6) is 0 Å². The van der Waals surface area contributed by atoms with Gasteiger partial charge >= 0.3 is 21.1 Å². The second-order valence-electron chi connectivity index (χ2n) is 6.53. The second kappa shape index (κ2) is 9.46. The third-order valence-corrected chi connectivity index (χ3v) is 5.62. The summed E-state index contributed by atoms with van der Waals surface area (Å²) in [6.45, 7) is 0.875. The molecule has 30 heavy (non-hydrogen) atoms. The van der Waals surface area contributed by atoms with Gasteiger partial charge in [0, 0.05) is 35.4 Å². The molecule has 1 aliphatic rings. The molecular weight excluding hydrogens is 571 g/mol. The molecule has 0 radical (unpaired) electrons. The molecular formula is C24H18N4PtS. The fraction of sp³-hybridized carbons (Fsp3) is 0.0833. The molecule has 4 nitrogen and oxygen atoms in total. The molecule has 0 spiro atoms. The monoisotopic (exact) mass is 589 g/mol. The molecule has 5 rings (SSSR count). The Morgan fingerprint density at radius 2 is 1.67 bits per heavy atom. The van der Waals surface area contributed by atoms with E-state index in [4.69, 9.17) is 0 Å².